The molecule has 4 aliphatic rings. The normalized spacial score (nSPS) is 45.5. The van der Waals surface area contributed by atoms with Gasteiger partial charge in [-0.25, -0.2) is 4.79 Å². The Bertz CT molecular complexity index is 853. The average Bonchev–Trinajstić information content (AvgIpc) is 3.02. The molecule has 8 atom stereocenters. The Balaban J connectivity index is 1.58. The molecule has 3 fully saturated rings. The number of allylic oxidation sites excluding steroid dienone is 3. The molecule has 4 aliphatic carbocycles. The lowest BCUT2D eigenvalue weighted by molar-refractivity contribution is -0.132. The first-order valence-electron chi connectivity index (χ1n) is 13.6. The van der Waals surface area contributed by atoms with Gasteiger partial charge in [0.2, 0.25) is 0 Å². The van der Waals surface area contributed by atoms with Crippen LogP contribution in [0.15, 0.2) is 23.3 Å². The first-order chi connectivity index (χ1) is 15.3. The quantitative estimate of drug-likeness (QED) is 0.335. The van der Waals surface area contributed by atoms with Gasteiger partial charge in [0.25, 0.3) is 0 Å². The molecule has 0 aliphatic heterocycles. The van der Waals surface area contributed by atoms with Crippen LogP contribution in [0.4, 0.5) is 0 Å². The Morgan fingerprint density at radius 2 is 1.82 bits per heavy atom. The Kier molecular flexibility index (Phi) is 6.25. The largest absolute Gasteiger partial charge is 0.478 e. The fourth-order valence-corrected chi connectivity index (χ4v) is 9.50. The first kappa shape index (κ1) is 25.0. The molecule has 3 nitrogen and oxygen atoms in total. The molecule has 33 heavy (non-hydrogen) atoms. The van der Waals surface area contributed by atoms with E-state index in [1.807, 2.05) is 6.08 Å². The molecule has 0 aromatic heterocycles. The number of carbonyl (C=O) groups is 1. The van der Waals surface area contributed by atoms with Crippen molar-refractivity contribution in [3.05, 3.63) is 23.3 Å². The average molecular weight is 457 g/mol. The molecule has 0 amide bonds. The second-order valence-corrected chi connectivity index (χ2v) is 13.6. The summed E-state index contributed by atoms with van der Waals surface area (Å²) < 4.78 is 0. The highest BCUT2D eigenvalue weighted by molar-refractivity contribution is 5.85. The molecule has 0 aromatic rings. The van der Waals surface area contributed by atoms with Gasteiger partial charge in [-0.2, -0.15) is 0 Å². The minimum absolute atomic E-state index is 0.00892. The lowest BCUT2D eigenvalue weighted by atomic mass is 9.41. The zero-order valence-electron chi connectivity index (χ0n) is 22.2. The molecule has 0 aromatic carbocycles. The fourth-order valence-electron chi connectivity index (χ4n) is 9.50. The van der Waals surface area contributed by atoms with E-state index in [0.29, 0.717) is 40.1 Å². The van der Waals surface area contributed by atoms with Crippen LogP contribution < -0.4 is 0 Å². The van der Waals surface area contributed by atoms with Crippen LogP contribution in [-0.4, -0.2) is 22.3 Å². The topological polar surface area (TPSA) is 57.5 Å². The Hall–Kier alpha value is -1.09. The smallest absolute Gasteiger partial charge is 0.330 e. The number of carboxylic acid groups (broad SMARTS) is 1. The molecule has 5 unspecified atom stereocenters. The number of hydrogen-bond donors (Lipinski definition) is 2. The van der Waals surface area contributed by atoms with Crippen LogP contribution in [0.2, 0.25) is 0 Å². The maximum Gasteiger partial charge on any atom is 0.330 e. The summed E-state index contributed by atoms with van der Waals surface area (Å²) in [6, 6.07) is 0. The van der Waals surface area contributed by atoms with Crippen molar-refractivity contribution < 1.29 is 15.0 Å². The number of hydrogen-bond acceptors (Lipinski definition) is 2. The lowest BCUT2D eigenvalue weighted by Gasteiger charge is -2.64. The van der Waals surface area contributed by atoms with E-state index in [2.05, 4.69) is 47.6 Å². The van der Waals surface area contributed by atoms with Gasteiger partial charge >= 0.3 is 5.97 Å². The molecule has 2 N–H and O–H groups in total. The SMILES string of the molecule is CC(=CCCC(C)C1CC[C@]2(C)C3=CCC4C(C)(C)C(O)CC[C@]4(C)C3CC[C@@]12C)C(=O)O. The van der Waals surface area contributed by atoms with Crippen LogP contribution >= 0.6 is 0 Å². The van der Waals surface area contributed by atoms with E-state index in [9.17, 15) is 9.90 Å². The van der Waals surface area contributed by atoms with Crippen LogP contribution in [0, 0.1) is 45.3 Å². The van der Waals surface area contributed by atoms with E-state index in [1.54, 1.807) is 12.5 Å². The van der Waals surface area contributed by atoms with Gasteiger partial charge < -0.3 is 10.2 Å². The number of aliphatic carboxylic acids is 1. The van der Waals surface area contributed by atoms with Gasteiger partial charge in [-0.05, 0) is 110 Å². The third-order valence-electron chi connectivity index (χ3n) is 12.0. The Morgan fingerprint density at radius 3 is 2.48 bits per heavy atom. The Morgan fingerprint density at radius 1 is 1.12 bits per heavy atom. The van der Waals surface area contributed by atoms with Crippen molar-refractivity contribution in [1.82, 2.24) is 0 Å². The molecule has 0 bridgehead atoms. The van der Waals surface area contributed by atoms with Crippen molar-refractivity contribution in [1.29, 1.82) is 0 Å². The van der Waals surface area contributed by atoms with Gasteiger partial charge in [0.1, 0.15) is 0 Å². The summed E-state index contributed by atoms with van der Waals surface area (Å²) in [5.41, 5.74) is 3.13. The van der Waals surface area contributed by atoms with Crippen molar-refractivity contribution >= 4 is 5.97 Å². The summed E-state index contributed by atoms with van der Waals surface area (Å²) in [5, 5.41) is 20.0. The zero-order chi connectivity index (χ0) is 24.4. The number of fused-ring (bicyclic) bond motifs is 5. The predicted octanol–water partition coefficient (Wildman–Crippen LogP) is 7.40. The minimum Gasteiger partial charge on any atom is -0.478 e. The van der Waals surface area contributed by atoms with E-state index >= 15 is 0 Å². The highest BCUT2D eigenvalue weighted by atomic mass is 16.4. The molecule has 3 saturated carbocycles. The first-order valence-corrected chi connectivity index (χ1v) is 13.6. The van der Waals surface area contributed by atoms with Gasteiger partial charge in [-0.1, -0.05) is 59.3 Å². The minimum atomic E-state index is -0.796. The second-order valence-electron chi connectivity index (χ2n) is 13.6. The van der Waals surface area contributed by atoms with Crippen LogP contribution in [0.25, 0.3) is 0 Å². The van der Waals surface area contributed by atoms with Crippen LogP contribution in [0.5, 0.6) is 0 Å². The van der Waals surface area contributed by atoms with Crippen LogP contribution in [-0.2, 0) is 4.79 Å². The summed E-state index contributed by atoms with van der Waals surface area (Å²) in [5.74, 6) is 1.75. The van der Waals surface area contributed by atoms with Crippen LogP contribution in [0.3, 0.4) is 0 Å². The van der Waals surface area contributed by atoms with Gasteiger partial charge in [-0.15, -0.1) is 0 Å². The molecule has 186 valence electrons. The van der Waals surface area contributed by atoms with E-state index in [0.717, 1.165) is 32.1 Å². The lowest BCUT2D eigenvalue weighted by Crippen LogP contribution is -2.58. The third-order valence-corrected chi connectivity index (χ3v) is 12.0. The second kappa shape index (κ2) is 8.25. The molecular weight excluding hydrogens is 408 g/mol. The van der Waals surface area contributed by atoms with Gasteiger partial charge in [0, 0.05) is 5.57 Å². The summed E-state index contributed by atoms with van der Waals surface area (Å²) in [6.45, 7) is 16.5. The van der Waals surface area contributed by atoms with Crippen molar-refractivity contribution in [3.63, 3.8) is 0 Å². The van der Waals surface area contributed by atoms with Crippen molar-refractivity contribution in [2.24, 2.45) is 45.3 Å². The molecule has 0 saturated heterocycles. The van der Waals surface area contributed by atoms with Gasteiger partial charge in [-0.3, -0.25) is 0 Å². The fraction of sp³-hybridized carbons (Fsp3) is 0.833. The molecular formula is C30H48O3. The number of rotatable bonds is 5. The number of aliphatic hydroxyl groups is 1. The predicted molar refractivity (Wildman–Crippen MR) is 135 cm³/mol. The van der Waals surface area contributed by atoms with E-state index in [1.165, 1.54) is 25.7 Å². The van der Waals surface area contributed by atoms with Gasteiger partial charge in [0.15, 0.2) is 0 Å². The maximum absolute atomic E-state index is 11.1. The van der Waals surface area contributed by atoms with Crippen molar-refractivity contribution in [2.75, 3.05) is 0 Å². The maximum atomic E-state index is 11.1. The summed E-state index contributed by atoms with van der Waals surface area (Å²) >= 11 is 0. The summed E-state index contributed by atoms with van der Waals surface area (Å²) in [4.78, 5) is 11.1. The molecule has 0 spiro atoms. The van der Waals surface area contributed by atoms with Gasteiger partial charge in [0.05, 0.1) is 6.10 Å². The number of aliphatic hydroxyl groups excluding tert-OH is 1. The standard InChI is InChI=1S/C30H48O3/c1-19(9-8-10-20(2)26(32)33)21-13-17-30(7)23-11-12-24-27(3,4)25(31)15-16-28(24,5)22(23)14-18-29(21,30)6/h10-11,19,21-22,24-25,31H,8-9,12-18H2,1-7H3,(H,32,33)/t19?,21?,22?,24?,25?,28-,29+,30-/m1/s1. The number of carboxylic acids is 1. The summed E-state index contributed by atoms with van der Waals surface area (Å²) in [7, 11) is 0. The monoisotopic (exact) mass is 456 g/mol. The van der Waals surface area contributed by atoms with Crippen molar-refractivity contribution in [2.45, 2.75) is 112 Å². The molecule has 4 rings (SSSR count). The van der Waals surface area contributed by atoms with Crippen molar-refractivity contribution in [3.8, 4) is 0 Å². The highest BCUT2D eigenvalue weighted by Gasteiger charge is 2.65. The molecule has 0 radical (unpaired) electrons. The summed E-state index contributed by atoms with van der Waals surface area (Å²) in [6.07, 6.45) is 14.7. The molecule has 3 heteroatoms. The Labute approximate surface area is 202 Å². The van der Waals surface area contributed by atoms with E-state index in [-0.39, 0.29) is 16.9 Å². The zero-order valence-corrected chi connectivity index (χ0v) is 22.2. The molecule has 0 heterocycles. The van der Waals surface area contributed by atoms with Crippen LogP contribution in [0.1, 0.15) is 106 Å². The highest BCUT2D eigenvalue weighted by Crippen LogP contribution is 2.73. The van der Waals surface area contributed by atoms with E-state index in [4.69, 9.17) is 5.11 Å². The third kappa shape index (κ3) is 3.58. The van der Waals surface area contributed by atoms with E-state index < -0.39 is 5.97 Å².